The van der Waals surface area contributed by atoms with Crippen molar-refractivity contribution in [1.29, 1.82) is 0 Å². The highest BCUT2D eigenvalue weighted by Gasteiger charge is 2.34. The van der Waals surface area contributed by atoms with Crippen LogP contribution in [0.25, 0.3) is 0 Å². The molecule has 2 N–H and O–H groups in total. The van der Waals surface area contributed by atoms with E-state index in [4.69, 9.17) is 4.52 Å². The Labute approximate surface area is 140 Å². The zero-order valence-corrected chi connectivity index (χ0v) is 13.9. The number of aliphatic hydroxyl groups excluding tert-OH is 1. The van der Waals surface area contributed by atoms with E-state index in [1.165, 1.54) is 0 Å². The number of nitrogens with zero attached hydrogens (tertiary/aromatic N) is 3. The summed E-state index contributed by atoms with van der Waals surface area (Å²) in [5, 5.41) is 16.5. The van der Waals surface area contributed by atoms with E-state index < -0.39 is 0 Å². The summed E-state index contributed by atoms with van der Waals surface area (Å²) in [4.78, 5) is 19.0. The number of carbonyl (C=O) groups excluding carboxylic acids is 1. The Balaban J connectivity index is 1.66. The SMILES string of the molecule is Cc1noc(C)c1C(=O)NC1CN(Cc2ccccn2)CC1CO. The van der Waals surface area contributed by atoms with Crippen LogP contribution in [0.5, 0.6) is 0 Å². The average Bonchev–Trinajstić information content (AvgIpc) is 3.11. The first-order valence-corrected chi connectivity index (χ1v) is 8.05. The molecule has 7 heteroatoms. The molecule has 2 aromatic rings. The van der Waals surface area contributed by atoms with Crippen LogP contribution in [-0.2, 0) is 6.54 Å². The van der Waals surface area contributed by atoms with Crippen LogP contribution in [0.3, 0.4) is 0 Å². The molecule has 2 aromatic heterocycles. The van der Waals surface area contributed by atoms with E-state index in [0.29, 0.717) is 30.1 Å². The summed E-state index contributed by atoms with van der Waals surface area (Å²) in [5.74, 6) is 0.307. The third-order valence-corrected chi connectivity index (χ3v) is 4.44. The number of likely N-dealkylation sites (tertiary alicyclic amines) is 1. The fraction of sp³-hybridized carbons (Fsp3) is 0.471. The van der Waals surface area contributed by atoms with E-state index in [9.17, 15) is 9.90 Å². The first-order valence-electron chi connectivity index (χ1n) is 8.05. The van der Waals surface area contributed by atoms with Crippen molar-refractivity contribution in [3.63, 3.8) is 0 Å². The smallest absolute Gasteiger partial charge is 0.257 e. The predicted molar refractivity (Wildman–Crippen MR) is 87.3 cm³/mol. The van der Waals surface area contributed by atoms with Crippen LogP contribution in [0, 0.1) is 19.8 Å². The molecule has 0 aromatic carbocycles. The number of carbonyl (C=O) groups is 1. The lowest BCUT2D eigenvalue weighted by Crippen LogP contribution is -2.41. The van der Waals surface area contributed by atoms with Gasteiger partial charge in [0.1, 0.15) is 11.3 Å². The minimum atomic E-state index is -0.200. The van der Waals surface area contributed by atoms with E-state index in [0.717, 1.165) is 12.2 Å². The molecule has 1 amide bonds. The van der Waals surface area contributed by atoms with Gasteiger partial charge < -0.3 is 14.9 Å². The number of nitrogens with one attached hydrogen (secondary N) is 1. The Kier molecular flexibility index (Phi) is 4.92. The monoisotopic (exact) mass is 330 g/mol. The van der Waals surface area contributed by atoms with Gasteiger partial charge in [-0.3, -0.25) is 14.7 Å². The molecule has 1 fully saturated rings. The number of aromatic nitrogens is 2. The number of hydrogen-bond acceptors (Lipinski definition) is 6. The number of aliphatic hydroxyl groups is 1. The number of amides is 1. The van der Waals surface area contributed by atoms with Crippen LogP contribution in [0.15, 0.2) is 28.9 Å². The summed E-state index contributed by atoms with van der Waals surface area (Å²) in [5.41, 5.74) is 2.04. The summed E-state index contributed by atoms with van der Waals surface area (Å²) in [6.07, 6.45) is 1.77. The second kappa shape index (κ2) is 7.11. The Morgan fingerprint density at radius 2 is 2.25 bits per heavy atom. The number of aryl methyl sites for hydroxylation is 2. The molecule has 128 valence electrons. The summed E-state index contributed by atoms with van der Waals surface area (Å²) < 4.78 is 5.06. The Morgan fingerprint density at radius 1 is 1.42 bits per heavy atom. The molecule has 0 radical (unpaired) electrons. The normalized spacial score (nSPS) is 21.1. The van der Waals surface area contributed by atoms with Gasteiger partial charge in [0.2, 0.25) is 0 Å². The largest absolute Gasteiger partial charge is 0.396 e. The van der Waals surface area contributed by atoms with Crippen molar-refractivity contribution < 1.29 is 14.4 Å². The Bertz CT molecular complexity index is 682. The van der Waals surface area contributed by atoms with Crippen molar-refractivity contribution in [2.45, 2.75) is 26.4 Å². The fourth-order valence-corrected chi connectivity index (χ4v) is 3.21. The van der Waals surface area contributed by atoms with Crippen LogP contribution < -0.4 is 5.32 Å². The van der Waals surface area contributed by atoms with Crippen molar-refractivity contribution in [2.75, 3.05) is 19.7 Å². The van der Waals surface area contributed by atoms with Gasteiger partial charge in [-0.2, -0.15) is 0 Å². The summed E-state index contributed by atoms with van der Waals surface area (Å²) >= 11 is 0. The maximum atomic E-state index is 12.5. The lowest BCUT2D eigenvalue weighted by atomic mass is 10.0. The molecule has 1 aliphatic heterocycles. The quantitative estimate of drug-likeness (QED) is 0.847. The first kappa shape index (κ1) is 16.6. The molecule has 2 unspecified atom stereocenters. The van der Waals surface area contributed by atoms with Gasteiger partial charge in [-0.25, -0.2) is 0 Å². The fourth-order valence-electron chi connectivity index (χ4n) is 3.21. The first-order chi connectivity index (χ1) is 11.6. The van der Waals surface area contributed by atoms with E-state index in [1.54, 1.807) is 20.0 Å². The van der Waals surface area contributed by atoms with Gasteiger partial charge in [-0.1, -0.05) is 11.2 Å². The molecule has 0 aliphatic carbocycles. The molecule has 0 spiro atoms. The van der Waals surface area contributed by atoms with Crippen molar-refractivity contribution in [1.82, 2.24) is 20.4 Å². The Hall–Kier alpha value is -2.25. The van der Waals surface area contributed by atoms with Crippen molar-refractivity contribution in [3.05, 3.63) is 47.1 Å². The molecular formula is C17H22N4O3. The highest BCUT2D eigenvalue weighted by molar-refractivity contribution is 5.96. The van der Waals surface area contributed by atoms with Gasteiger partial charge >= 0.3 is 0 Å². The van der Waals surface area contributed by atoms with Crippen molar-refractivity contribution in [2.24, 2.45) is 5.92 Å². The third-order valence-electron chi connectivity index (χ3n) is 4.44. The van der Waals surface area contributed by atoms with Crippen LogP contribution >= 0.6 is 0 Å². The van der Waals surface area contributed by atoms with E-state index >= 15 is 0 Å². The van der Waals surface area contributed by atoms with Crippen LogP contribution in [0.1, 0.15) is 27.5 Å². The van der Waals surface area contributed by atoms with Gasteiger partial charge in [0.15, 0.2) is 0 Å². The molecular weight excluding hydrogens is 308 g/mol. The molecule has 24 heavy (non-hydrogen) atoms. The van der Waals surface area contributed by atoms with Crippen LogP contribution in [-0.4, -0.2) is 51.8 Å². The third kappa shape index (κ3) is 3.47. The van der Waals surface area contributed by atoms with Gasteiger partial charge in [0, 0.05) is 44.4 Å². The number of rotatable bonds is 5. The molecule has 0 bridgehead atoms. The number of hydrogen-bond donors (Lipinski definition) is 2. The van der Waals surface area contributed by atoms with Gasteiger partial charge in [-0.15, -0.1) is 0 Å². The molecule has 1 saturated heterocycles. The summed E-state index contributed by atoms with van der Waals surface area (Å²) in [6, 6.07) is 5.71. The second-order valence-corrected chi connectivity index (χ2v) is 6.24. The molecule has 3 heterocycles. The van der Waals surface area contributed by atoms with E-state index in [1.807, 2.05) is 18.2 Å². The zero-order chi connectivity index (χ0) is 17.1. The maximum Gasteiger partial charge on any atom is 0.257 e. The molecule has 2 atom stereocenters. The second-order valence-electron chi connectivity index (χ2n) is 6.24. The van der Waals surface area contributed by atoms with Crippen LogP contribution in [0.2, 0.25) is 0 Å². The zero-order valence-electron chi connectivity index (χ0n) is 13.9. The summed E-state index contributed by atoms with van der Waals surface area (Å²) in [6.45, 7) is 5.61. The van der Waals surface area contributed by atoms with Gasteiger partial charge in [0.05, 0.1) is 11.4 Å². The van der Waals surface area contributed by atoms with E-state index in [2.05, 4.69) is 20.4 Å². The van der Waals surface area contributed by atoms with E-state index in [-0.39, 0.29) is 24.5 Å². The maximum absolute atomic E-state index is 12.5. The van der Waals surface area contributed by atoms with Crippen LogP contribution in [0.4, 0.5) is 0 Å². The minimum Gasteiger partial charge on any atom is -0.396 e. The molecule has 7 nitrogen and oxygen atoms in total. The van der Waals surface area contributed by atoms with Gasteiger partial charge in [-0.05, 0) is 26.0 Å². The standard InChI is InChI=1S/C17H22N4O3/c1-11-16(12(2)24-20-11)17(23)19-15-9-21(7-13(15)10-22)8-14-5-3-4-6-18-14/h3-6,13,15,22H,7-10H2,1-2H3,(H,19,23). The lowest BCUT2D eigenvalue weighted by Gasteiger charge is -2.18. The topological polar surface area (TPSA) is 91.5 Å². The summed E-state index contributed by atoms with van der Waals surface area (Å²) in [7, 11) is 0. The highest BCUT2D eigenvalue weighted by atomic mass is 16.5. The van der Waals surface area contributed by atoms with Crippen molar-refractivity contribution >= 4 is 5.91 Å². The molecule has 3 rings (SSSR count). The average molecular weight is 330 g/mol. The van der Waals surface area contributed by atoms with Gasteiger partial charge in [0.25, 0.3) is 5.91 Å². The predicted octanol–water partition coefficient (Wildman–Crippen LogP) is 0.909. The molecule has 1 aliphatic rings. The number of pyridine rings is 1. The highest BCUT2D eigenvalue weighted by Crippen LogP contribution is 2.20. The Morgan fingerprint density at radius 3 is 2.88 bits per heavy atom. The molecule has 0 saturated carbocycles. The van der Waals surface area contributed by atoms with Crippen molar-refractivity contribution in [3.8, 4) is 0 Å². The minimum absolute atomic E-state index is 0.00173. The lowest BCUT2D eigenvalue weighted by molar-refractivity contribution is 0.0919.